The van der Waals surface area contributed by atoms with Gasteiger partial charge in [-0.3, -0.25) is 19.7 Å². The highest BCUT2D eigenvalue weighted by Gasteiger charge is 2.27. The van der Waals surface area contributed by atoms with Gasteiger partial charge in [-0.25, -0.2) is 0 Å². The van der Waals surface area contributed by atoms with Crippen LogP contribution in [0.3, 0.4) is 0 Å². The number of carbonyl (C=O) groups excluding carboxylic acids is 2. The number of nitrogens with zero attached hydrogens (tertiary/aromatic N) is 1. The Morgan fingerprint density at radius 3 is 2.53 bits per heavy atom. The Morgan fingerprint density at radius 2 is 2.00 bits per heavy atom. The average molecular weight is 332 g/mol. The average Bonchev–Trinajstić information content (AvgIpc) is 2.38. The Hall–Kier alpha value is -1.96. The van der Waals surface area contributed by atoms with Gasteiger partial charge >= 0.3 is 17.6 Å². The van der Waals surface area contributed by atoms with Gasteiger partial charge in [0.25, 0.3) is 0 Å². The molecule has 7 nitrogen and oxygen atoms in total. The molecule has 19 heavy (non-hydrogen) atoms. The summed E-state index contributed by atoms with van der Waals surface area (Å²) in [7, 11) is 1.13. The largest absolute Gasteiger partial charge is 0.468 e. The van der Waals surface area contributed by atoms with Crippen molar-refractivity contribution in [3.8, 4) is 5.75 Å². The van der Waals surface area contributed by atoms with Crippen LogP contribution < -0.4 is 4.74 Å². The number of nitro benzene ring substituents is 1. The Bertz CT molecular complexity index is 530. The summed E-state index contributed by atoms with van der Waals surface area (Å²) in [5, 5.41) is 10.8. The number of ether oxygens (including phenoxy) is 2. The van der Waals surface area contributed by atoms with Gasteiger partial charge in [0.2, 0.25) is 5.75 Å². The molecule has 0 fully saturated rings. The van der Waals surface area contributed by atoms with Gasteiger partial charge in [-0.1, -0.05) is 15.9 Å². The third-order valence-electron chi connectivity index (χ3n) is 2.24. The second kappa shape index (κ2) is 6.28. The summed E-state index contributed by atoms with van der Waals surface area (Å²) in [6, 6.07) is 3.95. The molecular weight excluding hydrogens is 322 g/mol. The van der Waals surface area contributed by atoms with Crippen LogP contribution in [0.5, 0.6) is 5.75 Å². The van der Waals surface area contributed by atoms with Gasteiger partial charge in [-0.2, -0.15) is 0 Å². The van der Waals surface area contributed by atoms with Gasteiger partial charge < -0.3 is 9.47 Å². The summed E-state index contributed by atoms with van der Waals surface area (Å²) in [6.07, 6.45) is 0. The van der Waals surface area contributed by atoms with Gasteiger partial charge in [-0.15, -0.1) is 0 Å². The van der Waals surface area contributed by atoms with Crippen LogP contribution in [0.15, 0.2) is 22.7 Å². The van der Waals surface area contributed by atoms with E-state index in [-0.39, 0.29) is 11.4 Å². The normalized spacial score (nSPS) is 11.5. The number of hydrogen-bond acceptors (Lipinski definition) is 6. The molecule has 0 aliphatic carbocycles. The van der Waals surface area contributed by atoms with Crippen LogP contribution in [0.4, 0.5) is 5.69 Å². The van der Waals surface area contributed by atoms with Crippen LogP contribution in [0.1, 0.15) is 6.92 Å². The number of methoxy groups -OCH3 is 1. The van der Waals surface area contributed by atoms with Crippen molar-refractivity contribution in [3.05, 3.63) is 32.8 Å². The lowest BCUT2D eigenvalue weighted by atomic mass is 10.2. The van der Waals surface area contributed by atoms with Gasteiger partial charge in [0.1, 0.15) is 0 Å². The first-order chi connectivity index (χ1) is 8.86. The van der Waals surface area contributed by atoms with Crippen LogP contribution in [-0.4, -0.2) is 24.0 Å². The number of nitro groups is 1. The van der Waals surface area contributed by atoms with Gasteiger partial charge in [0.15, 0.2) is 5.92 Å². The molecule has 1 unspecified atom stereocenters. The fraction of sp³-hybridized carbons (Fsp3) is 0.273. The molecule has 1 rings (SSSR count). The minimum Gasteiger partial charge on any atom is -0.468 e. The second-order valence-corrected chi connectivity index (χ2v) is 4.45. The Balaban J connectivity index is 2.97. The van der Waals surface area contributed by atoms with E-state index in [0.29, 0.717) is 4.47 Å². The van der Waals surface area contributed by atoms with Crippen molar-refractivity contribution in [1.82, 2.24) is 0 Å². The first-order valence-corrected chi connectivity index (χ1v) is 5.89. The third-order valence-corrected chi connectivity index (χ3v) is 2.73. The van der Waals surface area contributed by atoms with Crippen molar-refractivity contribution >= 4 is 33.6 Å². The maximum absolute atomic E-state index is 11.6. The molecule has 0 N–H and O–H groups in total. The summed E-state index contributed by atoms with van der Waals surface area (Å²) in [4.78, 5) is 32.9. The van der Waals surface area contributed by atoms with Gasteiger partial charge in [0, 0.05) is 10.5 Å². The molecule has 0 aliphatic heterocycles. The van der Waals surface area contributed by atoms with Crippen molar-refractivity contribution in [2.75, 3.05) is 7.11 Å². The molecule has 1 atom stereocenters. The quantitative estimate of drug-likeness (QED) is 0.275. The molecule has 0 saturated heterocycles. The zero-order valence-corrected chi connectivity index (χ0v) is 11.7. The first-order valence-electron chi connectivity index (χ1n) is 5.10. The predicted octanol–water partition coefficient (Wildman–Crippen LogP) is 2.07. The zero-order valence-electron chi connectivity index (χ0n) is 10.1. The Labute approximate surface area is 116 Å². The van der Waals surface area contributed by atoms with Gasteiger partial charge in [0.05, 0.1) is 12.0 Å². The van der Waals surface area contributed by atoms with E-state index in [9.17, 15) is 19.7 Å². The van der Waals surface area contributed by atoms with E-state index < -0.39 is 22.8 Å². The van der Waals surface area contributed by atoms with E-state index in [1.807, 2.05) is 0 Å². The number of halogens is 1. The van der Waals surface area contributed by atoms with Crippen LogP contribution >= 0.6 is 15.9 Å². The highest BCUT2D eigenvalue weighted by molar-refractivity contribution is 9.10. The van der Waals surface area contributed by atoms with Crippen molar-refractivity contribution in [3.63, 3.8) is 0 Å². The van der Waals surface area contributed by atoms with Crippen LogP contribution in [-0.2, 0) is 14.3 Å². The van der Waals surface area contributed by atoms with E-state index in [4.69, 9.17) is 4.74 Å². The fourth-order valence-electron chi connectivity index (χ4n) is 1.19. The molecule has 0 aliphatic rings. The SMILES string of the molecule is COC(=O)C(C)C(=O)Oc1ccc(Br)cc1[N+](=O)[O-]. The Kier molecular flexibility index (Phi) is 4.99. The monoisotopic (exact) mass is 331 g/mol. The molecule has 0 saturated carbocycles. The number of carbonyl (C=O) groups is 2. The highest BCUT2D eigenvalue weighted by atomic mass is 79.9. The predicted molar refractivity (Wildman–Crippen MR) is 67.6 cm³/mol. The summed E-state index contributed by atoms with van der Waals surface area (Å²) in [5.41, 5.74) is -0.375. The molecule has 0 spiro atoms. The first kappa shape index (κ1) is 15.1. The third kappa shape index (κ3) is 3.75. The van der Waals surface area contributed by atoms with Gasteiger partial charge in [-0.05, 0) is 19.1 Å². The molecule has 102 valence electrons. The van der Waals surface area contributed by atoms with E-state index in [1.165, 1.54) is 25.1 Å². The number of benzene rings is 1. The lowest BCUT2D eigenvalue weighted by Crippen LogP contribution is -2.26. The number of esters is 2. The van der Waals surface area contributed by atoms with Crippen molar-refractivity contribution in [2.24, 2.45) is 5.92 Å². The molecule has 1 aromatic rings. The fourth-order valence-corrected chi connectivity index (χ4v) is 1.54. The molecule has 1 aromatic carbocycles. The zero-order chi connectivity index (χ0) is 14.6. The second-order valence-electron chi connectivity index (χ2n) is 3.54. The number of hydrogen-bond donors (Lipinski definition) is 0. The molecule has 0 radical (unpaired) electrons. The molecule has 8 heteroatoms. The maximum Gasteiger partial charge on any atom is 0.325 e. The van der Waals surface area contributed by atoms with Crippen LogP contribution in [0, 0.1) is 16.0 Å². The molecule has 0 amide bonds. The minimum atomic E-state index is -1.16. The maximum atomic E-state index is 11.6. The van der Waals surface area contributed by atoms with E-state index in [2.05, 4.69) is 20.7 Å². The van der Waals surface area contributed by atoms with Crippen molar-refractivity contribution < 1.29 is 24.0 Å². The molecular formula is C11H10BrNO6. The summed E-state index contributed by atoms with van der Waals surface area (Å²) in [6.45, 7) is 1.29. The van der Waals surface area contributed by atoms with Crippen LogP contribution in [0.25, 0.3) is 0 Å². The summed E-state index contributed by atoms with van der Waals surface area (Å²) in [5.74, 6) is -3.08. The van der Waals surface area contributed by atoms with E-state index >= 15 is 0 Å². The lowest BCUT2D eigenvalue weighted by Gasteiger charge is -2.09. The summed E-state index contributed by atoms with van der Waals surface area (Å²) >= 11 is 3.08. The van der Waals surface area contributed by atoms with Crippen molar-refractivity contribution in [1.29, 1.82) is 0 Å². The highest BCUT2D eigenvalue weighted by Crippen LogP contribution is 2.30. The lowest BCUT2D eigenvalue weighted by molar-refractivity contribution is -0.385. The number of rotatable bonds is 4. The van der Waals surface area contributed by atoms with Crippen LogP contribution in [0.2, 0.25) is 0 Å². The van der Waals surface area contributed by atoms with E-state index in [0.717, 1.165) is 7.11 Å². The molecule has 0 aromatic heterocycles. The summed E-state index contributed by atoms with van der Waals surface area (Å²) < 4.78 is 9.70. The topological polar surface area (TPSA) is 95.7 Å². The minimum absolute atomic E-state index is 0.228. The standard InChI is InChI=1S/C11H10BrNO6/c1-6(10(14)18-2)11(15)19-9-4-3-7(12)5-8(9)13(16)17/h3-6H,1-2H3. The molecule has 0 heterocycles. The molecule has 0 bridgehead atoms. The Morgan fingerprint density at radius 1 is 1.37 bits per heavy atom. The smallest absolute Gasteiger partial charge is 0.325 e. The van der Waals surface area contributed by atoms with E-state index in [1.54, 1.807) is 0 Å². The van der Waals surface area contributed by atoms with Crippen molar-refractivity contribution in [2.45, 2.75) is 6.92 Å².